The lowest BCUT2D eigenvalue weighted by molar-refractivity contribution is -0.118. The van der Waals surface area contributed by atoms with Crippen LogP contribution >= 0.6 is 0 Å². The fraction of sp³-hybridized carbons (Fsp3) is 0.130. The molecular formula is C23H22N4O3. The van der Waals surface area contributed by atoms with Gasteiger partial charge < -0.3 is 26.3 Å². The molecule has 0 heterocycles. The van der Waals surface area contributed by atoms with E-state index in [1.54, 1.807) is 36.4 Å². The zero-order chi connectivity index (χ0) is 21.5. The molecule has 3 aromatic rings. The number of rotatable bonds is 8. The number of anilines is 2. The predicted octanol–water partition coefficient (Wildman–Crippen LogP) is 3.37. The van der Waals surface area contributed by atoms with E-state index in [4.69, 9.17) is 26.2 Å². The third-order valence-corrected chi connectivity index (χ3v) is 4.53. The Kier molecular flexibility index (Phi) is 6.40. The molecule has 7 nitrogen and oxygen atoms in total. The highest BCUT2D eigenvalue weighted by Crippen LogP contribution is 2.36. The van der Waals surface area contributed by atoms with E-state index >= 15 is 0 Å². The van der Waals surface area contributed by atoms with Crippen LogP contribution in [-0.2, 0) is 11.4 Å². The summed E-state index contributed by atoms with van der Waals surface area (Å²) >= 11 is 0. The number of nitrogens with two attached hydrogens (primary N) is 2. The average molecular weight is 402 g/mol. The summed E-state index contributed by atoms with van der Waals surface area (Å²) in [5.41, 5.74) is 14.8. The van der Waals surface area contributed by atoms with Gasteiger partial charge in [0.05, 0.1) is 18.7 Å². The number of hydrogen-bond acceptors (Lipinski definition) is 6. The van der Waals surface area contributed by atoms with Gasteiger partial charge in [-0.05, 0) is 35.9 Å². The zero-order valence-corrected chi connectivity index (χ0v) is 16.5. The number of ether oxygens (including phenoxy) is 2. The number of carbonyl (C=O) groups is 1. The zero-order valence-electron chi connectivity index (χ0n) is 16.5. The quantitative estimate of drug-likeness (QED) is 0.496. The molecule has 0 radical (unpaired) electrons. The normalized spacial score (nSPS) is 11.2. The lowest BCUT2D eigenvalue weighted by Crippen LogP contribution is -2.28. The van der Waals surface area contributed by atoms with Gasteiger partial charge in [-0.1, -0.05) is 30.3 Å². The molecular weight excluding hydrogens is 380 g/mol. The molecule has 0 aromatic heterocycles. The topological polar surface area (TPSA) is 123 Å². The first kappa shape index (κ1) is 20.6. The van der Waals surface area contributed by atoms with Crippen molar-refractivity contribution in [3.63, 3.8) is 0 Å². The minimum Gasteiger partial charge on any atom is -0.493 e. The van der Waals surface area contributed by atoms with Crippen LogP contribution in [0.25, 0.3) is 0 Å². The number of nitrogens with one attached hydrogen (secondary N) is 1. The molecule has 0 aliphatic carbocycles. The maximum Gasteiger partial charge on any atom is 0.244 e. The van der Waals surface area contributed by atoms with E-state index in [1.165, 1.54) is 7.11 Å². The van der Waals surface area contributed by atoms with Crippen molar-refractivity contribution in [2.75, 3.05) is 18.2 Å². The largest absolute Gasteiger partial charge is 0.493 e. The second kappa shape index (κ2) is 9.34. The lowest BCUT2D eigenvalue weighted by atomic mass is 10.0. The van der Waals surface area contributed by atoms with Crippen LogP contribution in [0.4, 0.5) is 11.4 Å². The van der Waals surface area contributed by atoms with Gasteiger partial charge in [-0.15, -0.1) is 0 Å². The Morgan fingerprint density at radius 3 is 2.40 bits per heavy atom. The summed E-state index contributed by atoms with van der Waals surface area (Å²) < 4.78 is 11.3. The Balaban J connectivity index is 1.86. The second-order valence-electron chi connectivity index (χ2n) is 6.58. The van der Waals surface area contributed by atoms with Gasteiger partial charge in [-0.25, -0.2) is 0 Å². The smallest absolute Gasteiger partial charge is 0.244 e. The molecule has 1 unspecified atom stereocenters. The number of amides is 1. The van der Waals surface area contributed by atoms with E-state index in [9.17, 15) is 4.79 Å². The molecule has 0 saturated carbocycles. The summed E-state index contributed by atoms with van der Waals surface area (Å²) in [6, 6.07) is 20.8. The summed E-state index contributed by atoms with van der Waals surface area (Å²) in [4.78, 5) is 12.2. The van der Waals surface area contributed by atoms with Gasteiger partial charge in [0, 0.05) is 23.0 Å². The fourth-order valence-corrected chi connectivity index (χ4v) is 2.96. The van der Waals surface area contributed by atoms with E-state index in [1.807, 2.05) is 36.4 Å². The Morgan fingerprint density at radius 2 is 1.80 bits per heavy atom. The molecule has 1 amide bonds. The molecule has 0 bridgehead atoms. The van der Waals surface area contributed by atoms with Crippen LogP contribution in [0.15, 0.2) is 66.7 Å². The minimum absolute atomic E-state index is 0.337. The third-order valence-electron chi connectivity index (χ3n) is 4.53. The molecule has 0 saturated heterocycles. The van der Waals surface area contributed by atoms with Gasteiger partial charge in [0.1, 0.15) is 12.6 Å². The lowest BCUT2D eigenvalue weighted by Gasteiger charge is -2.21. The monoisotopic (exact) mass is 402 g/mol. The third kappa shape index (κ3) is 4.80. The van der Waals surface area contributed by atoms with E-state index in [-0.39, 0.29) is 0 Å². The van der Waals surface area contributed by atoms with Crippen molar-refractivity contribution in [2.45, 2.75) is 12.6 Å². The molecule has 0 spiro atoms. The molecule has 3 aromatic carbocycles. The Morgan fingerprint density at radius 1 is 1.10 bits per heavy atom. The number of nitriles is 1. The number of benzene rings is 3. The van der Waals surface area contributed by atoms with E-state index in [0.29, 0.717) is 40.6 Å². The summed E-state index contributed by atoms with van der Waals surface area (Å²) in [5, 5.41) is 12.0. The highest BCUT2D eigenvalue weighted by atomic mass is 16.5. The Labute approximate surface area is 174 Å². The molecule has 5 N–H and O–H groups in total. The molecule has 3 rings (SSSR count). The van der Waals surface area contributed by atoms with Crippen LogP contribution in [-0.4, -0.2) is 13.0 Å². The summed E-state index contributed by atoms with van der Waals surface area (Å²) in [6.07, 6.45) is 0. The first-order valence-corrected chi connectivity index (χ1v) is 9.22. The average Bonchev–Trinajstić information content (AvgIpc) is 2.77. The van der Waals surface area contributed by atoms with Crippen molar-refractivity contribution in [2.24, 2.45) is 5.73 Å². The van der Waals surface area contributed by atoms with E-state index in [2.05, 4.69) is 5.32 Å². The summed E-state index contributed by atoms with van der Waals surface area (Å²) in [7, 11) is 1.51. The molecule has 0 aliphatic heterocycles. The maximum absolute atomic E-state index is 12.2. The highest BCUT2D eigenvalue weighted by Gasteiger charge is 2.23. The fourth-order valence-electron chi connectivity index (χ4n) is 2.96. The maximum atomic E-state index is 12.2. The van der Waals surface area contributed by atoms with Crippen LogP contribution in [0.2, 0.25) is 0 Å². The van der Waals surface area contributed by atoms with Crippen LogP contribution < -0.4 is 26.3 Å². The van der Waals surface area contributed by atoms with Crippen molar-refractivity contribution in [1.29, 1.82) is 5.26 Å². The van der Waals surface area contributed by atoms with Gasteiger partial charge in [0.2, 0.25) is 5.91 Å². The Bertz CT molecular complexity index is 1060. The number of carbonyl (C=O) groups excluding carboxylic acids is 1. The van der Waals surface area contributed by atoms with Crippen LogP contribution in [0.3, 0.4) is 0 Å². The number of hydrogen-bond donors (Lipinski definition) is 3. The molecule has 0 fully saturated rings. The second-order valence-corrected chi connectivity index (χ2v) is 6.58. The van der Waals surface area contributed by atoms with Crippen molar-refractivity contribution >= 4 is 17.3 Å². The van der Waals surface area contributed by atoms with E-state index in [0.717, 1.165) is 5.56 Å². The number of nitrogens with zero attached hydrogens (tertiary/aromatic N) is 1. The van der Waals surface area contributed by atoms with E-state index < -0.39 is 11.9 Å². The van der Waals surface area contributed by atoms with Gasteiger partial charge in [-0.3, -0.25) is 4.79 Å². The predicted molar refractivity (Wildman–Crippen MR) is 115 cm³/mol. The summed E-state index contributed by atoms with van der Waals surface area (Å²) in [6.45, 7) is 0.346. The SMILES string of the molecule is COc1cc(C(Nc2ccc(C#N)cc2)C(N)=O)c(N)cc1OCc1ccccc1. The van der Waals surface area contributed by atoms with Crippen LogP contribution in [0, 0.1) is 11.3 Å². The van der Waals surface area contributed by atoms with Gasteiger partial charge in [0.15, 0.2) is 11.5 Å². The number of methoxy groups -OCH3 is 1. The van der Waals surface area contributed by atoms with Crippen molar-refractivity contribution < 1.29 is 14.3 Å². The molecule has 152 valence electrons. The van der Waals surface area contributed by atoms with Gasteiger partial charge in [-0.2, -0.15) is 5.26 Å². The van der Waals surface area contributed by atoms with Crippen molar-refractivity contribution in [3.05, 3.63) is 83.4 Å². The first-order chi connectivity index (χ1) is 14.5. The highest BCUT2D eigenvalue weighted by molar-refractivity contribution is 5.86. The minimum atomic E-state index is -0.894. The van der Waals surface area contributed by atoms with Gasteiger partial charge >= 0.3 is 0 Å². The van der Waals surface area contributed by atoms with Crippen molar-refractivity contribution in [3.8, 4) is 17.6 Å². The molecule has 30 heavy (non-hydrogen) atoms. The Hall–Kier alpha value is -4.18. The van der Waals surface area contributed by atoms with Crippen molar-refractivity contribution in [1.82, 2.24) is 0 Å². The molecule has 0 aliphatic rings. The summed E-state index contributed by atoms with van der Waals surface area (Å²) in [5.74, 6) is 0.290. The van der Waals surface area contributed by atoms with Crippen LogP contribution in [0.1, 0.15) is 22.7 Å². The molecule has 1 atom stereocenters. The van der Waals surface area contributed by atoms with Gasteiger partial charge in [0.25, 0.3) is 0 Å². The number of primary amides is 1. The standard InChI is InChI=1S/C23H22N4O3/c1-29-20-11-18(19(25)12-21(20)30-14-16-5-3-2-4-6-16)22(23(26)28)27-17-9-7-15(13-24)8-10-17/h2-12,22,27H,14,25H2,1H3,(H2,26,28). The number of nitrogen functional groups attached to an aromatic ring is 1. The first-order valence-electron chi connectivity index (χ1n) is 9.22. The van der Waals surface area contributed by atoms with Crippen LogP contribution in [0.5, 0.6) is 11.5 Å². The molecule has 7 heteroatoms.